The maximum absolute atomic E-state index is 11.6. The second-order valence-electron chi connectivity index (χ2n) is 3.06. The first-order chi connectivity index (χ1) is 7.90. The molecule has 0 aliphatic rings. The summed E-state index contributed by atoms with van der Waals surface area (Å²) in [6.07, 6.45) is 0. The second-order valence-corrected chi connectivity index (χ2v) is 5.98. The molecule has 6 nitrogen and oxygen atoms in total. The highest BCUT2D eigenvalue weighted by molar-refractivity contribution is 7.91. The first kappa shape index (κ1) is 13.6. The number of sulfone groups is 1. The van der Waals surface area contributed by atoms with Crippen molar-refractivity contribution in [1.29, 1.82) is 5.26 Å². The molecule has 17 heavy (non-hydrogen) atoms. The average molecular weight is 273 g/mol. The normalized spacial score (nSPS) is 12.8. The Morgan fingerprint density at radius 1 is 1.53 bits per heavy atom. The molecule has 1 N–H and O–H groups in total. The van der Waals surface area contributed by atoms with Gasteiger partial charge in [-0.3, -0.25) is 4.21 Å². The molecular formula is C9H9N2O4S2-. The van der Waals surface area contributed by atoms with Crippen LogP contribution in [0.5, 0.6) is 0 Å². The van der Waals surface area contributed by atoms with Gasteiger partial charge in [0.1, 0.15) is 6.07 Å². The van der Waals surface area contributed by atoms with E-state index < -0.39 is 21.1 Å². The Bertz CT molecular complexity index is 590. The number of benzene rings is 1. The van der Waals surface area contributed by atoms with Crippen LogP contribution in [0.4, 0.5) is 5.69 Å². The Balaban J connectivity index is 3.30. The summed E-state index contributed by atoms with van der Waals surface area (Å²) < 4.78 is 46.1. The third kappa shape index (κ3) is 3.26. The van der Waals surface area contributed by atoms with E-state index in [9.17, 15) is 17.2 Å². The van der Waals surface area contributed by atoms with Crippen molar-refractivity contribution in [3.8, 4) is 6.07 Å². The minimum absolute atomic E-state index is 0.0812. The Morgan fingerprint density at radius 3 is 2.65 bits per heavy atom. The van der Waals surface area contributed by atoms with Crippen molar-refractivity contribution >= 4 is 26.8 Å². The van der Waals surface area contributed by atoms with Crippen LogP contribution in [-0.2, 0) is 21.1 Å². The molecule has 0 heterocycles. The summed E-state index contributed by atoms with van der Waals surface area (Å²) in [7, 11) is -3.49. The molecule has 1 aromatic carbocycles. The molecule has 0 spiro atoms. The van der Waals surface area contributed by atoms with Gasteiger partial charge >= 0.3 is 0 Å². The Kier molecular flexibility index (Phi) is 4.22. The van der Waals surface area contributed by atoms with Gasteiger partial charge in [0.05, 0.1) is 16.2 Å². The zero-order valence-electron chi connectivity index (χ0n) is 8.84. The lowest BCUT2D eigenvalue weighted by molar-refractivity contribution is 0.542. The minimum atomic E-state index is -3.49. The van der Waals surface area contributed by atoms with E-state index in [1.54, 1.807) is 6.07 Å². The summed E-state index contributed by atoms with van der Waals surface area (Å²) in [5.41, 5.74) is 0.0623. The third-order valence-corrected chi connectivity index (χ3v) is 4.20. The minimum Gasteiger partial charge on any atom is -0.755 e. The molecule has 0 aromatic heterocycles. The van der Waals surface area contributed by atoms with Gasteiger partial charge in [-0.1, -0.05) is 6.92 Å². The number of nitrogens with zero attached hydrogens (tertiary/aromatic N) is 1. The molecule has 0 fully saturated rings. The maximum Gasteiger partial charge on any atom is 0.179 e. The van der Waals surface area contributed by atoms with Crippen molar-refractivity contribution in [3.05, 3.63) is 23.8 Å². The van der Waals surface area contributed by atoms with E-state index >= 15 is 0 Å². The summed E-state index contributed by atoms with van der Waals surface area (Å²) in [5.74, 6) is -0.123. The standard InChI is InChI=1S/C9H10N2O4S2/c1-2-17(14,15)9-4-3-8(11-16(12)13)5-7(9)6-10/h3-5,11H,2H2,1H3,(H,12,13)/p-1. The second kappa shape index (κ2) is 5.27. The van der Waals surface area contributed by atoms with Crippen LogP contribution in [0.25, 0.3) is 0 Å². The average Bonchev–Trinajstić information content (AvgIpc) is 2.27. The number of rotatable bonds is 4. The van der Waals surface area contributed by atoms with Crippen molar-refractivity contribution in [1.82, 2.24) is 0 Å². The quantitative estimate of drug-likeness (QED) is 0.806. The van der Waals surface area contributed by atoms with Crippen LogP contribution in [0.2, 0.25) is 0 Å². The summed E-state index contributed by atoms with van der Waals surface area (Å²) in [6, 6.07) is 5.41. The van der Waals surface area contributed by atoms with Crippen molar-refractivity contribution in [3.63, 3.8) is 0 Å². The van der Waals surface area contributed by atoms with E-state index in [1.165, 1.54) is 25.1 Å². The van der Waals surface area contributed by atoms with E-state index in [-0.39, 0.29) is 21.9 Å². The smallest absolute Gasteiger partial charge is 0.179 e. The van der Waals surface area contributed by atoms with Crippen LogP contribution in [0.3, 0.4) is 0 Å². The predicted molar refractivity (Wildman–Crippen MR) is 61.4 cm³/mol. The lowest BCUT2D eigenvalue weighted by Crippen LogP contribution is -2.08. The lowest BCUT2D eigenvalue weighted by Gasteiger charge is -2.10. The van der Waals surface area contributed by atoms with Gasteiger partial charge in [-0.05, 0) is 18.2 Å². The van der Waals surface area contributed by atoms with Gasteiger partial charge in [-0.15, -0.1) is 0 Å². The SMILES string of the molecule is CCS(=O)(=O)c1ccc(NS(=O)[O-])cc1C#N. The van der Waals surface area contributed by atoms with Crippen molar-refractivity contribution in [2.45, 2.75) is 11.8 Å². The van der Waals surface area contributed by atoms with Gasteiger partial charge in [0.25, 0.3) is 0 Å². The predicted octanol–water partition coefficient (Wildman–Crippen LogP) is 0.558. The van der Waals surface area contributed by atoms with Gasteiger partial charge in [0, 0.05) is 17.0 Å². The first-order valence-corrected chi connectivity index (χ1v) is 7.26. The van der Waals surface area contributed by atoms with Crippen LogP contribution < -0.4 is 4.72 Å². The summed E-state index contributed by atoms with van der Waals surface area (Å²) >= 11 is -2.52. The molecule has 0 saturated carbocycles. The molecule has 92 valence electrons. The van der Waals surface area contributed by atoms with Gasteiger partial charge in [0.2, 0.25) is 0 Å². The third-order valence-electron chi connectivity index (χ3n) is 2.02. The zero-order valence-corrected chi connectivity index (χ0v) is 10.5. The molecule has 0 radical (unpaired) electrons. The summed E-state index contributed by atoms with van der Waals surface area (Å²) in [5, 5.41) is 8.84. The maximum atomic E-state index is 11.6. The molecule has 0 bridgehead atoms. The molecule has 1 rings (SSSR count). The highest BCUT2D eigenvalue weighted by Crippen LogP contribution is 2.21. The van der Waals surface area contributed by atoms with Crippen LogP contribution >= 0.6 is 0 Å². The van der Waals surface area contributed by atoms with Gasteiger partial charge in [-0.2, -0.15) is 5.26 Å². The zero-order chi connectivity index (χ0) is 13.1. The fourth-order valence-electron chi connectivity index (χ4n) is 1.20. The van der Waals surface area contributed by atoms with Gasteiger partial charge in [0.15, 0.2) is 9.84 Å². The number of nitrogens with one attached hydrogen (secondary N) is 1. The molecule has 1 unspecified atom stereocenters. The molecule has 8 heteroatoms. The Hall–Kier alpha value is -1.43. The first-order valence-electron chi connectivity index (χ1n) is 4.53. The number of hydrogen-bond donors (Lipinski definition) is 1. The van der Waals surface area contributed by atoms with Gasteiger partial charge < -0.3 is 9.27 Å². The van der Waals surface area contributed by atoms with E-state index in [4.69, 9.17) is 5.26 Å². The van der Waals surface area contributed by atoms with Crippen molar-refractivity contribution < 1.29 is 17.2 Å². The molecule has 0 aliphatic carbocycles. The molecule has 0 saturated heterocycles. The Labute approximate surface area is 102 Å². The molecule has 0 amide bonds. The van der Waals surface area contributed by atoms with Crippen LogP contribution in [0.1, 0.15) is 12.5 Å². The van der Waals surface area contributed by atoms with Gasteiger partial charge in [-0.25, -0.2) is 8.42 Å². The van der Waals surface area contributed by atoms with Crippen LogP contribution in [-0.4, -0.2) is 22.9 Å². The highest BCUT2D eigenvalue weighted by atomic mass is 32.2. The molecular weight excluding hydrogens is 264 g/mol. The van der Waals surface area contributed by atoms with Crippen LogP contribution in [0, 0.1) is 11.3 Å². The molecule has 0 aliphatic heterocycles. The highest BCUT2D eigenvalue weighted by Gasteiger charge is 2.16. The fourth-order valence-corrected chi connectivity index (χ4v) is 2.55. The Morgan fingerprint density at radius 2 is 2.18 bits per heavy atom. The van der Waals surface area contributed by atoms with E-state index in [1.807, 2.05) is 4.72 Å². The summed E-state index contributed by atoms with van der Waals surface area (Å²) in [6.45, 7) is 1.47. The van der Waals surface area contributed by atoms with Crippen molar-refractivity contribution in [2.24, 2.45) is 0 Å². The number of hydrogen-bond acceptors (Lipinski definition) is 5. The van der Waals surface area contributed by atoms with E-state index in [0.717, 1.165) is 0 Å². The topological polar surface area (TPSA) is 110 Å². The number of anilines is 1. The number of nitriles is 1. The van der Waals surface area contributed by atoms with E-state index in [2.05, 4.69) is 0 Å². The molecule has 1 aromatic rings. The van der Waals surface area contributed by atoms with Crippen molar-refractivity contribution in [2.75, 3.05) is 10.5 Å². The monoisotopic (exact) mass is 273 g/mol. The van der Waals surface area contributed by atoms with Crippen LogP contribution in [0.15, 0.2) is 23.1 Å². The summed E-state index contributed by atoms with van der Waals surface area (Å²) in [4.78, 5) is -0.0928. The largest absolute Gasteiger partial charge is 0.755 e. The van der Waals surface area contributed by atoms with E-state index in [0.29, 0.717) is 0 Å². The lowest BCUT2D eigenvalue weighted by atomic mass is 10.2. The fraction of sp³-hybridized carbons (Fsp3) is 0.222. The molecule has 1 atom stereocenters.